The Labute approximate surface area is 218 Å². The molecule has 8 nitrogen and oxygen atoms in total. The minimum absolute atomic E-state index is 0.195. The van der Waals surface area contributed by atoms with Crippen molar-refractivity contribution in [3.8, 4) is 11.5 Å². The molecule has 2 N–H and O–H groups in total. The van der Waals surface area contributed by atoms with Crippen LogP contribution in [-0.2, 0) is 11.2 Å². The van der Waals surface area contributed by atoms with Crippen LogP contribution in [-0.4, -0.2) is 30.7 Å². The highest BCUT2D eigenvalue weighted by Crippen LogP contribution is 2.26. The van der Waals surface area contributed by atoms with Crippen molar-refractivity contribution in [1.29, 1.82) is 0 Å². The van der Waals surface area contributed by atoms with Crippen LogP contribution in [0.15, 0.2) is 63.5 Å². The summed E-state index contributed by atoms with van der Waals surface area (Å²) in [5.41, 5.74) is 0.0784. The predicted octanol–water partition coefficient (Wildman–Crippen LogP) is 5.90. The minimum atomic E-state index is -0.870. The van der Waals surface area contributed by atoms with E-state index in [0.717, 1.165) is 17.7 Å². The molecular formula is C29H37NO7. The summed E-state index contributed by atoms with van der Waals surface area (Å²) in [5.74, 6) is 0.492. The van der Waals surface area contributed by atoms with Gasteiger partial charge in [-0.25, -0.2) is 9.59 Å². The zero-order valence-electron chi connectivity index (χ0n) is 22.2. The lowest BCUT2D eigenvalue weighted by molar-refractivity contribution is 0.102. The lowest BCUT2D eigenvalue weighted by Gasteiger charge is -2.11. The zero-order chi connectivity index (χ0) is 27.4. The van der Waals surface area contributed by atoms with E-state index in [0.29, 0.717) is 37.4 Å². The zero-order valence-corrected chi connectivity index (χ0v) is 22.2. The number of hydrogen-bond acceptors (Lipinski definition) is 7. The van der Waals surface area contributed by atoms with E-state index in [2.05, 4.69) is 23.9 Å². The number of carbonyl (C=O) groups is 2. The first kappa shape index (κ1) is 29.4. The fourth-order valence-corrected chi connectivity index (χ4v) is 3.40. The van der Waals surface area contributed by atoms with E-state index < -0.39 is 23.3 Å². The van der Waals surface area contributed by atoms with Crippen LogP contribution >= 0.6 is 0 Å². The van der Waals surface area contributed by atoms with Crippen molar-refractivity contribution >= 4 is 11.9 Å². The highest BCUT2D eigenvalue weighted by atomic mass is 16.5. The van der Waals surface area contributed by atoms with Gasteiger partial charge in [0.15, 0.2) is 5.78 Å². The molecule has 1 aromatic heterocycles. The Hall–Kier alpha value is -3.81. The van der Waals surface area contributed by atoms with Gasteiger partial charge in [-0.05, 0) is 61.8 Å². The van der Waals surface area contributed by atoms with Crippen molar-refractivity contribution in [2.75, 3.05) is 13.7 Å². The third-order valence-corrected chi connectivity index (χ3v) is 5.82. The number of benzene rings is 1. The van der Waals surface area contributed by atoms with E-state index in [1.807, 2.05) is 31.2 Å². The van der Waals surface area contributed by atoms with E-state index in [9.17, 15) is 19.5 Å². The molecule has 0 radical (unpaired) electrons. The molecule has 0 fully saturated rings. The van der Waals surface area contributed by atoms with Gasteiger partial charge in [-0.15, -0.1) is 0 Å². The van der Waals surface area contributed by atoms with Gasteiger partial charge in [0, 0.05) is 18.2 Å². The second-order valence-electron chi connectivity index (χ2n) is 9.31. The summed E-state index contributed by atoms with van der Waals surface area (Å²) in [6.45, 7) is 8.41. The van der Waals surface area contributed by atoms with E-state index in [4.69, 9.17) is 9.15 Å². The number of alkyl carbamates (subject to hydrolysis) is 1. The molecule has 200 valence electrons. The Morgan fingerprint density at radius 1 is 1.14 bits per heavy atom. The largest absolute Gasteiger partial charge is 0.507 e. The summed E-state index contributed by atoms with van der Waals surface area (Å²) >= 11 is 0. The van der Waals surface area contributed by atoms with Crippen molar-refractivity contribution in [3.63, 3.8) is 0 Å². The molecule has 2 rings (SSSR count). The molecule has 0 spiro atoms. The molecule has 2 aromatic rings. The minimum Gasteiger partial charge on any atom is -0.507 e. The number of Topliss-reactive ketones (excluding diaryl/α,β-unsaturated/α-hetero) is 1. The number of ketones is 1. The van der Waals surface area contributed by atoms with Gasteiger partial charge >= 0.3 is 11.7 Å². The third-order valence-electron chi connectivity index (χ3n) is 5.82. The first-order valence-electron chi connectivity index (χ1n) is 12.4. The van der Waals surface area contributed by atoms with E-state index in [1.54, 1.807) is 19.1 Å². The smallest absolute Gasteiger partial charge is 0.410 e. The van der Waals surface area contributed by atoms with Crippen LogP contribution in [0.5, 0.6) is 11.5 Å². The maximum Gasteiger partial charge on any atom is 0.410 e. The van der Waals surface area contributed by atoms with Gasteiger partial charge in [0.05, 0.1) is 13.7 Å². The number of amides is 1. The molecule has 37 heavy (non-hydrogen) atoms. The SMILES string of the molecule is COC(=O)N/C=C/CCC(C)c1cc(O)c(C(=O)/C(C)=C\Cc2ccc(OCCC(C)C)cc2)c(=O)o1. The topological polar surface area (TPSA) is 115 Å². The van der Waals surface area contributed by atoms with Crippen molar-refractivity contribution in [3.05, 3.63) is 81.6 Å². The number of rotatable bonds is 13. The lowest BCUT2D eigenvalue weighted by Crippen LogP contribution is -2.17. The summed E-state index contributed by atoms with van der Waals surface area (Å²) in [5, 5.41) is 12.9. The molecule has 1 aromatic carbocycles. The Morgan fingerprint density at radius 3 is 2.46 bits per heavy atom. The molecule has 1 amide bonds. The summed E-state index contributed by atoms with van der Waals surface area (Å²) < 4.78 is 15.6. The molecule has 0 aliphatic heterocycles. The Balaban J connectivity index is 1.99. The second-order valence-corrected chi connectivity index (χ2v) is 9.31. The molecule has 1 heterocycles. The monoisotopic (exact) mass is 511 g/mol. The maximum absolute atomic E-state index is 12.9. The van der Waals surface area contributed by atoms with Crippen LogP contribution in [0, 0.1) is 5.92 Å². The number of carbonyl (C=O) groups excluding carboxylic acids is 2. The van der Waals surface area contributed by atoms with Gasteiger partial charge in [-0.2, -0.15) is 0 Å². The van der Waals surface area contributed by atoms with E-state index >= 15 is 0 Å². The van der Waals surface area contributed by atoms with Gasteiger partial charge in [-0.1, -0.05) is 45.1 Å². The number of hydrogen-bond donors (Lipinski definition) is 2. The number of methoxy groups -OCH3 is 1. The summed E-state index contributed by atoms with van der Waals surface area (Å²) in [7, 11) is 1.27. The normalized spacial score (nSPS) is 12.5. The second kappa shape index (κ2) is 14.7. The first-order chi connectivity index (χ1) is 17.6. The number of allylic oxidation sites excluding steroid dienone is 3. The van der Waals surface area contributed by atoms with Gasteiger partial charge in [-0.3, -0.25) is 10.1 Å². The quantitative estimate of drug-likeness (QED) is 0.254. The van der Waals surface area contributed by atoms with Crippen molar-refractivity contribution in [1.82, 2.24) is 5.32 Å². The molecule has 1 atom stereocenters. The van der Waals surface area contributed by atoms with Crippen molar-refractivity contribution in [2.45, 2.75) is 59.3 Å². The van der Waals surface area contributed by atoms with Gasteiger partial charge in [0.25, 0.3) is 0 Å². The molecule has 0 saturated heterocycles. The molecule has 0 saturated carbocycles. The average Bonchev–Trinajstić information content (AvgIpc) is 2.86. The number of aromatic hydroxyl groups is 1. The van der Waals surface area contributed by atoms with Crippen molar-refractivity contribution in [2.24, 2.45) is 5.92 Å². The van der Waals surface area contributed by atoms with E-state index in [1.165, 1.54) is 19.4 Å². The third kappa shape index (κ3) is 9.63. The van der Waals surface area contributed by atoms with Crippen LogP contribution in [0.1, 0.15) is 74.6 Å². The van der Waals surface area contributed by atoms with Crippen LogP contribution in [0.3, 0.4) is 0 Å². The predicted molar refractivity (Wildman–Crippen MR) is 142 cm³/mol. The fourth-order valence-electron chi connectivity index (χ4n) is 3.40. The summed E-state index contributed by atoms with van der Waals surface area (Å²) in [4.78, 5) is 36.5. The Morgan fingerprint density at radius 2 is 1.84 bits per heavy atom. The first-order valence-corrected chi connectivity index (χ1v) is 12.4. The van der Waals surface area contributed by atoms with Crippen molar-refractivity contribution < 1.29 is 28.6 Å². The highest BCUT2D eigenvalue weighted by Gasteiger charge is 2.22. The molecule has 0 bridgehead atoms. The Kier molecular flexibility index (Phi) is 11.7. The molecular weight excluding hydrogens is 474 g/mol. The van der Waals surface area contributed by atoms with Gasteiger partial charge in [0.2, 0.25) is 0 Å². The van der Waals surface area contributed by atoms with E-state index in [-0.39, 0.29) is 17.2 Å². The van der Waals surface area contributed by atoms with Crippen LogP contribution in [0.4, 0.5) is 4.79 Å². The Bertz CT molecular complexity index is 1160. The average molecular weight is 512 g/mol. The van der Waals surface area contributed by atoms with Crippen LogP contribution in [0.2, 0.25) is 0 Å². The number of ether oxygens (including phenoxy) is 2. The number of nitrogens with one attached hydrogen (secondary N) is 1. The molecule has 1 unspecified atom stereocenters. The van der Waals surface area contributed by atoms with Gasteiger partial charge < -0.3 is 19.0 Å². The van der Waals surface area contributed by atoms with Gasteiger partial charge in [0.1, 0.15) is 22.8 Å². The van der Waals surface area contributed by atoms with Crippen LogP contribution in [0.25, 0.3) is 0 Å². The molecule has 0 aliphatic rings. The highest BCUT2D eigenvalue weighted by molar-refractivity contribution is 6.09. The summed E-state index contributed by atoms with van der Waals surface area (Å²) in [6, 6.07) is 8.98. The standard InChI is InChI=1S/C29H37NO7/c1-19(2)15-17-36-23-13-11-22(12-14-23)10-9-21(4)27(32)26-24(31)18-25(37-28(26)33)20(3)8-6-7-16-30-29(34)35-5/h7,9,11-14,16,18-20,31H,6,8,10,15,17H2,1-5H3,(H,30,34)/b16-7+,21-9-. The lowest BCUT2D eigenvalue weighted by atomic mass is 9.99. The fraction of sp³-hybridized carbons (Fsp3) is 0.414. The summed E-state index contributed by atoms with van der Waals surface area (Å²) in [6.07, 6.45) is 7.03. The van der Waals surface area contributed by atoms with Crippen LogP contribution < -0.4 is 15.7 Å². The maximum atomic E-state index is 12.9. The molecule has 8 heteroatoms. The molecule has 0 aliphatic carbocycles.